The summed E-state index contributed by atoms with van der Waals surface area (Å²) in [6, 6.07) is 2.54. The topological polar surface area (TPSA) is 21.6 Å². The Morgan fingerprint density at radius 3 is 2.41 bits per heavy atom. The second-order valence-corrected chi connectivity index (χ2v) is 5.18. The van der Waals surface area contributed by atoms with Gasteiger partial charge in [-0.15, -0.1) is 11.3 Å². The molecule has 0 fully saturated rings. The highest BCUT2D eigenvalue weighted by Gasteiger charge is 2.40. The Kier molecular flexibility index (Phi) is 6.28. The average Bonchev–Trinajstić information content (AvgIpc) is 2.83. The zero-order valence-corrected chi connectivity index (χ0v) is 12.9. The van der Waals surface area contributed by atoms with Gasteiger partial charge in [0.1, 0.15) is 5.83 Å². The molecule has 0 saturated heterocycles. The molecule has 0 amide bonds. The number of hydrogen-bond donors (Lipinski definition) is 0. The van der Waals surface area contributed by atoms with Gasteiger partial charge >= 0.3 is 6.18 Å². The third kappa shape index (κ3) is 4.66. The van der Waals surface area contributed by atoms with Crippen molar-refractivity contribution in [1.29, 1.82) is 0 Å². The van der Waals surface area contributed by atoms with Gasteiger partial charge in [-0.25, -0.2) is 9.38 Å². The van der Waals surface area contributed by atoms with Crippen LogP contribution in [0.15, 0.2) is 40.5 Å². The Morgan fingerprint density at radius 1 is 1.36 bits per heavy atom. The molecule has 122 valence electrons. The van der Waals surface area contributed by atoms with E-state index in [2.05, 4.69) is 9.73 Å². The largest absolute Gasteiger partial charge is 0.480 e. The van der Waals surface area contributed by atoms with Crippen molar-refractivity contribution in [1.82, 2.24) is 0 Å². The van der Waals surface area contributed by atoms with E-state index in [9.17, 15) is 22.0 Å². The van der Waals surface area contributed by atoms with E-state index in [1.807, 2.05) is 0 Å². The summed E-state index contributed by atoms with van der Waals surface area (Å²) in [6.45, 7) is 2.89. The number of alkyl halides is 3. The van der Waals surface area contributed by atoms with Crippen LogP contribution in [0.4, 0.5) is 22.0 Å². The van der Waals surface area contributed by atoms with Gasteiger partial charge in [0.2, 0.25) is 5.88 Å². The minimum Gasteiger partial charge on any atom is -0.480 e. The third-order valence-corrected chi connectivity index (χ3v) is 3.49. The zero-order chi connectivity index (χ0) is 16.9. The molecule has 0 aromatic carbocycles. The maximum atomic E-state index is 13.7. The first-order valence-electron chi connectivity index (χ1n) is 6.23. The van der Waals surface area contributed by atoms with Crippen LogP contribution in [0.1, 0.15) is 25.1 Å². The van der Waals surface area contributed by atoms with Crippen LogP contribution in [0.25, 0.3) is 0 Å². The van der Waals surface area contributed by atoms with Gasteiger partial charge in [0.25, 0.3) is 0 Å². The molecule has 0 atom stereocenters. The van der Waals surface area contributed by atoms with Crippen LogP contribution in [0.5, 0.6) is 0 Å². The fraction of sp³-hybridized carbons (Fsp3) is 0.357. The normalized spacial score (nSPS) is 14.9. The van der Waals surface area contributed by atoms with Crippen molar-refractivity contribution in [2.45, 2.75) is 26.4 Å². The van der Waals surface area contributed by atoms with E-state index in [4.69, 9.17) is 0 Å². The second-order valence-electron chi connectivity index (χ2n) is 4.14. The molecule has 0 saturated carbocycles. The minimum absolute atomic E-state index is 0.0846. The van der Waals surface area contributed by atoms with Crippen molar-refractivity contribution in [3.05, 3.63) is 45.5 Å². The van der Waals surface area contributed by atoms with E-state index in [1.54, 1.807) is 0 Å². The van der Waals surface area contributed by atoms with Crippen molar-refractivity contribution in [3.8, 4) is 0 Å². The van der Waals surface area contributed by atoms with Crippen LogP contribution in [-0.2, 0) is 4.74 Å². The molecule has 0 aliphatic heterocycles. The van der Waals surface area contributed by atoms with E-state index in [0.717, 1.165) is 30.6 Å². The van der Waals surface area contributed by atoms with Gasteiger partial charge in [-0.2, -0.15) is 17.6 Å². The van der Waals surface area contributed by atoms with Crippen LogP contribution < -0.4 is 0 Å². The zero-order valence-electron chi connectivity index (χ0n) is 12.1. The predicted molar refractivity (Wildman–Crippen MR) is 76.1 cm³/mol. The number of ether oxygens (including phenoxy) is 1. The lowest BCUT2D eigenvalue weighted by atomic mass is 10.2. The van der Waals surface area contributed by atoms with E-state index in [1.165, 1.54) is 19.9 Å². The van der Waals surface area contributed by atoms with E-state index in [0.29, 0.717) is 4.88 Å². The van der Waals surface area contributed by atoms with Gasteiger partial charge in [0, 0.05) is 0 Å². The van der Waals surface area contributed by atoms with Gasteiger partial charge in [0.05, 0.1) is 17.7 Å². The molecule has 0 bridgehead atoms. The molecule has 0 radical (unpaired) electrons. The Hall–Kier alpha value is -1.70. The highest BCUT2D eigenvalue weighted by Crippen LogP contribution is 2.35. The van der Waals surface area contributed by atoms with Crippen LogP contribution in [-0.4, -0.2) is 19.0 Å². The average molecular weight is 339 g/mol. The van der Waals surface area contributed by atoms with Crippen molar-refractivity contribution < 1.29 is 26.7 Å². The first kappa shape index (κ1) is 18.3. The monoisotopic (exact) mass is 339 g/mol. The molecule has 0 aliphatic carbocycles. The van der Waals surface area contributed by atoms with Crippen molar-refractivity contribution >= 4 is 17.0 Å². The van der Waals surface area contributed by atoms with Crippen LogP contribution in [0, 0.1) is 5.13 Å². The van der Waals surface area contributed by atoms with Gasteiger partial charge in [-0.3, -0.25) is 0 Å². The summed E-state index contributed by atoms with van der Waals surface area (Å²) < 4.78 is 70.4. The summed E-state index contributed by atoms with van der Waals surface area (Å²) in [5.41, 5.74) is -1.50. The Morgan fingerprint density at radius 2 is 2.00 bits per heavy atom. The smallest absolute Gasteiger partial charge is 0.424 e. The molecule has 1 heterocycles. The van der Waals surface area contributed by atoms with E-state index < -0.39 is 28.6 Å². The number of nitrogens with zero attached hydrogens (tertiary/aromatic N) is 1. The van der Waals surface area contributed by atoms with E-state index in [-0.39, 0.29) is 12.1 Å². The summed E-state index contributed by atoms with van der Waals surface area (Å²) in [5.74, 6) is -2.36. The SMILES string of the molecule is CC/C=C(F)/C(=C(\N=C(C)c1ccc(F)s1)OC)C(F)(F)F. The van der Waals surface area contributed by atoms with Gasteiger partial charge < -0.3 is 4.74 Å². The highest BCUT2D eigenvalue weighted by atomic mass is 32.1. The van der Waals surface area contributed by atoms with Crippen molar-refractivity contribution in [2.75, 3.05) is 7.11 Å². The minimum atomic E-state index is -4.97. The maximum Gasteiger partial charge on any atom is 0.424 e. The number of thiophene rings is 1. The molecule has 8 heteroatoms. The van der Waals surface area contributed by atoms with Gasteiger partial charge in [-0.1, -0.05) is 6.92 Å². The van der Waals surface area contributed by atoms with Crippen molar-refractivity contribution in [3.63, 3.8) is 0 Å². The molecule has 0 N–H and O–H groups in total. The van der Waals surface area contributed by atoms with Gasteiger partial charge in [0.15, 0.2) is 10.7 Å². The molecule has 2 nitrogen and oxygen atoms in total. The molecule has 0 spiro atoms. The Bertz CT molecular complexity index is 613. The predicted octanol–water partition coefficient (Wildman–Crippen LogP) is 5.38. The molecule has 0 aliphatic rings. The Balaban J connectivity index is 3.42. The number of hydrogen-bond acceptors (Lipinski definition) is 3. The third-order valence-electron chi connectivity index (χ3n) is 2.51. The first-order valence-corrected chi connectivity index (χ1v) is 7.04. The highest BCUT2D eigenvalue weighted by molar-refractivity contribution is 7.12. The first-order chi connectivity index (χ1) is 10.2. The number of halogens is 5. The lowest BCUT2D eigenvalue weighted by Gasteiger charge is -2.13. The summed E-state index contributed by atoms with van der Waals surface area (Å²) >= 11 is 0.721. The summed E-state index contributed by atoms with van der Waals surface area (Å²) in [5, 5.41) is -0.499. The summed E-state index contributed by atoms with van der Waals surface area (Å²) in [7, 11) is 0.964. The number of methoxy groups -OCH3 is 1. The maximum absolute atomic E-state index is 13.7. The fourth-order valence-corrected chi connectivity index (χ4v) is 2.24. The standard InChI is InChI=1S/C14H14F5NOS/c1-4-5-9(15)12(14(17,18)19)13(21-3)20-8(2)10-6-7-11(16)22-10/h5-7H,4H2,1-3H3/b9-5-,13-12-,20-8?. The van der Waals surface area contributed by atoms with E-state index >= 15 is 0 Å². The second kappa shape index (κ2) is 7.53. The number of aliphatic imine (C=N–C) groups is 1. The molecular formula is C14H14F5NOS. The number of rotatable bonds is 5. The fourth-order valence-electron chi connectivity index (χ4n) is 1.56. The number of allylic oxidation sites excluding steroid dienone is 3. The van der Waals surface area contributed by atoms with Crippen LogP contribution in [0.2, 0.25) is 0 Å². The summed E-state index contributed by atoms with van der Waals surface area (Å²) in [4.78, 5) is 3.99. The van der Waals surface area contributed by atoms with Gasteiger partial charge in [-0.05, 0) is 31.6 Å². The van der Waals surface area contributed by atoms with Crippen LogP contribution >= 0.6 is 11.3 Å². The molecule has 22 heavy (non-hydrogen) atoms. The Labute approximate surface area is 128 Å². The molecule has 1 aromatic rings. The lowest BCUT2D eigenvalue weighted by molar-refractivity contribution is -0.0944. The molecule has 1 rings (SSSR count). The summed E-state index contributed by atoms with van der Waals surface area (Å²) in [6.07, 6.45) is -4.09. The van der Waals surface area contributed by atoms with Crippen LogP contribution in [0.3, 0.4) is 0 Å². The van der Waals surface area contributed by atoms with Crippen molar-refractivity contribution in [2.24, 2.45) is 4.99 Å². The quantitative estimate of drug-likeness (QED) is 0.305. The molecule has 0 unspecified atom stereocenters. The molecular weight excluding hydrogens is 325 g/mol. The lowest BCUT2D eigenvalue weighted by Crippen LogP contribution is -2.16. The molecule has 1 aromatic heterocycles.